The molecule has 0 aliphatic carbocycles. The highest BCUT2D eigenvalue weighted by Crippen LogP contribution is 2.22. The topological polar surface area (TPSA) is 138 Å². The van der Waals surface area contributed by atoms with E-state index < -0.39 is 30.9 Å². The SMILES string of the molecule is COc1ccccc1S(=O)(=O)O.O=S(=O)(O)c1ccccc1O. The van der Waals surface area contributed by atoms with E-state index in [2.05, 4.69) is 0 Å². The summed E-state index contributed by atoms with van der Waals surface area (Å²) < 4.78 is 64.2. The fraction of sp³-hybridized carbons (Fsp3) is 0.0769. The molecule has 8 nitrogen and oxygen atoms in total. The normalized spacial score (nSPS) is 11.3. The number of phenols is 1. The first-order chi connectivity index (χ1) is 10.6. The van der Waals surface area contributed by atoms with E-state index in [1.54, 1.807) is 6.07 Å². The van der Waals surface area contributed by atoms with Gasteiger partial charge in [-0.3, -0.25) is 9.11 Å². The molecule has 0 radical (unpaired) electrons. The van der Waals surface area contributed by atoms with Gasteiger partial charge in [0, 0.05) is 0 Å². The van der Waals surface area contributed by atoms with Crippen molar-refractivity contribution in [1.29, 1.82) is 0 Å². The van der Waals surface area contributed by atoms with Gasteiger partial charge in [-0.25, -0.2) is 0 Å². The molecule has 2 rings (SSSR count). The van der Waals surface area contributed by atoms with Gasteiger partial charge >= 0.3 is 0 Å². The van der Waals surface area contributed by atoms with Crippen molar-refractivity contribution < 1.29 is 35.8 Å². The molecular weight excluding hydrogens is 348 g/mol. The molecule has 2 aromatic carbocycles. The zero-order chi connectivity index (χ0) is 17.7. The van der Waals surface area contributed by atoms with Crippen LogP contribution in [0.1, 0.15) is 0 Å². The lowest BCUT2D eigenvalue weighted by Crippen LogP contribution is -2.00. The number of benzene rings is 2. The predicted molar refractivity (Wildman–Crippen MR) is 80.7 cm³/mol. The summed E-state index contributed by atoms with van der Waals surface area (Å²) in [7, 11) is -7.12. The molecular formula is C13H14O8S2. The van der Waals surface area contributed by atoms with Gasteiger partial charge < -0.3 is 9.84 Å². The van der Waals surface area contributed by atoms with Gasteiger partial charge in [-0.15, -0.1) is 0 Å². The molecule has 0 aromatic heterocycles. The monoisotopic (exact) mass is 362 g/mol. The Morgan fingerprint density at radius 2 is 1.22 bits per heavy atom. The van der Waals surface area contributed by atoms with E-state index in [4.69, 9.17) is 18.9 Å². The molecule has 3 N–H and O–H groups in total. The summed E-state index contributed by atoms with van der Waals surface area (Å²) in [4.78, 5) is -0.687. The second kappa shape index (κ2) is 7.42. The zero-order valence-electron chi connectivity index (χ0n) is 11.8. The number of hydrogen-bond acceptors (Lipinski definition) is 6. The van der Waals surface area contributed by atoms with Crippen LogP contribution in [-0.4, -0.2) is 38.2 Å². The fourth-order valence-electron chi connectivity index (χ4n) is 1.51. The molecule has 23 heavy (non-hydrogen) atoms. The van der Waals surface area contributed by atoms with Gasteiger partial charge in [-0.05, 0) is 24.3 Å². The van der Waals surface area contributed by atoms with E-state index in [1.165, 1.54) is 43.5 Å². The molecule has 126 valence electrons. The number of phenolic OH excluding ortho intramolecular Hbond substituents is 1. The maximum absolute atomic E-state index is 10.7. The predicted octanol–water partition coefficient (Wildman–Crippen LogP) is 1.58. The first kappa shape index (κ1) is 18.9. The molecule has 0 saturated heterocycles. The number of ether oxygens (including phenoxy) is 1. The number of rotatable bonds is 3. The second-order valence-corrected chi connectivity index (χ2v) is 6.85. The highest BCUT2D eigenvalue weighted by molar-refractivity contribution is 7.86. The molecule has 0 bridgehead atoms. The highest BCUT2D eigenvalue weighted by atomic mass is 32.2. The minimum absolute atomic E-state index is 0.139. The Hall–Kier alpha value is -2.14. The number of para-hydroxylation sites is 2. The minimum atomic E-state index is -4.28. The molecule has 0 spiro atoms. The third-order valence-electron chi connectivity index (χ3n) is 2.49. The summed E-state index contributed by atoms with van der Waals surface area (Å²) in [6, 6.07) is 11.0. The van der Waals surface area contributed by atoms with Crippen LogP contribution in [0.25, 0.3) is 0 Å². The molecule has 0 atom stereocenters. The van der Waals surface area contributed by atoms with Crippen LogP contribution in [0.2, 0.25) is 0 Å². The molecule has 2 aromatic rings. The first-order valence-corrected chi connectivity index (χ1v) is 8.81. The van der Waals surface area contributed by atoms with Crippen LogP contribution < -0.4 is 4.74 Å². The molecule has 0 saturated carbocycles. The van der Waals surface area contributed by atoms with Crippen molar-refractivity contribution in [2.45, 2.75) is 9.79 Å². The van der Waals surface area contributed by atoms with Gasteiger partial charge in [0.25, 0.3) is 20.2 Å². The maximum Gasteiger partial charge on any atom is 0.298 e. The van der Waals surface area contributed by atoms with E-state index in [0.29, 0.717) is 0 Å². The van der Waals surface area contributed by atoms with Crippen LogP contribution >= 0.6 is 0 Å². The fourth-order valence-corrected chi connectivity index (χ4v) is 2.75. The maximum atomic E-state index is 10.7. The highest BCUT2D eigenvalue weighted by Gasteiger charge is 2.14. The van der Waals surface area contributed by atoms with E-state index in [1.807, 2.05) is 0 Å². The van der Waals surface area contributed by atoms with Crippen LogP contribution in [-0.2, 0) is 20.2 Å². The van der Waals surface area contributed by atoms with Crippen molar-refractivity contribution >= 4 is 20.2 Å². The standard InChI is InChI=1S/C7H8O4S.C6H6O4S/c1-11-6-4-2-3-5-7(6)12(8,9)10;7-5-3-1-2-4-6(5)11(8,9)10/h2-5H,1H3,(H,8,9,10);1-4,7H,(H,8,9,10). The van der Waals surface area contributed by atoms with Crippen LogP contribution in [0, 0.1) is 0 Å². The van der Waals surface area contributed by atoms with Crippen molar-refractivity contribution in [1.82, 2.24) is 0 Å². The Morgan fingerprint density at radius 3 is 1.57 bits per heavy atom. The number of hydrogen-bond donors (Lipinski definition) is 3. The third-order valence-corrected chi connectivity index (χ3v) is 4.28. The lowest BCUT2D eigenvalue weighted by atomic mass is 10.3. The largest absolute Gasteiger partial charge is 0.506 e. The Labute approximate surface area is 133 Å². The molecule has 0 heterocycles. The van der Waals surface area contributed by atoms with Gasteiger partial charge in [0.15, 0.2) is 0 Å². The van der Waals surface area contributed by atoms with Crippen molar-refractivity contribution in [3.8, 4) is 11.5 Å². The molecule has 0 unspecified atom stereocenters. The van der Waals surface area contributed by atoms with Crippen molar-refractivity contribution in [3.05, 3.63) is 48.5 Å². The van der Waals surface area contributed by atoms with Crippen molar-refractivity contribution in [2.24, 2.45) is 0 Å². The Morgan fingerprint density at radius 1 is 0.783 bits per heavy atom. The Kier molecular flexibility index (Phi) is 6.10. The number of methoxy groups -OCH3 is 1. The molecule has 0 fully saturated rings. The van der Waals surface area contributed by atoms with Gasteiger partial charge in [0.05, 0.1) is 7.11 Å². The van der Waals surface area contributed by atoms with Crippen molar-refractivity contribution in [2.75, 3.05) is 7.11 Å². The van der Waals surface area contributed by atoms with Crippen LogP contribution in [0.3, 0.4) is 0 Å². The smallest absolute Gasteiger partial charge is 0.298 e. The zero-order valence-corrected chi connectivity index (χ0v) is 13.5. The summed E-state index contributed by atoms with van der Waals surface area (Å²) in [5, 5.41) is 8.91. The third kappa shape index (κ3) is 5.53. The Bertz CT molecular complexity index is 872. The molecule has 0 aliphatic rings. The van der Waals surface area contributed by atoms with Crippen LogP contribution in [0.5, 0.6) is 11.5 Å². The summed E-state index contributed by atoms with van der Waals surface area (Å²) >= 11 is 0. The quantitative estimate of drug-likeness (QED) is 0.700. The van der Waals surface area contributed by atoms with Crippen LogP contribution in [0.15, 0.2) is 58.3 Å². The van der Waals surface area contributed by atoms with Gasteiger partial charge in [0.1, 0.15) is 21.3 Å². The summed E-state index contributed by atoms with van der Waals surface area (Å²) in [6.07, 6.45) is 0. The van der Waals surface area contributed by atoms with E-state index in [9.17, 15) is 16.8 Å². The average molecular weight is 362 g/mol. The van der Waals surface area contributed by atoms with Crippen LogP contribution in [0.4, 0.5) is 0 Å². The van der Waals surface area contributed by atoms with Gasteiger partial charge in [-0.1, -0.05) is 24.3 Å². The number of aromatic hydroxyl groups is 1. The van der Waals surface area contributed by atoms with Crippen molar-refractivity contribution in [3.63, 3.8) is 0 Å². The molecule has 10 heteroatoms. The molecule has 0 amide bonds. The first-order valence-electron chi connectivity index (χ1n) is 5.93. The molecule has 0 aliphatic heterocycles. The Balaban J connectivity index is 0.000000231. The van der Waals surface area contributed by atoms with E-state index in [0.717, 1.165) is 6.07 Å². The average Bonchev–Trinajstić information content (AvgIpc) is 2.46. The summed E-state index contributed by atoms with van der Waals surface area (Å²) in [6.45, 7) is 0. The minimum Gasteiger partial charge on any atom is -0.506 e. The second-order valence-electron chi connectivity index (χ2n) is 4.07. The van der Waals surface area contributed by atoms with E-state index in [-0.39, 0.29) is 10.6 Å². The summed E-state index contributed by atoms with van der Waals surface area (Å²) in [5.41, 5.74) is 0. The lowest BCUT2D eigenvalue weighted by molar-refractivity contribution is 0.397. The van der Waals surface area contributed by atoms with Gasteiger partial charge in [-0.2, -0.15) is 16.8 Å². The van der Waals surface area contributed by atoms with E-state index >= 15 is 0 Å². The summed E-state index contributed by atoms with van der Waals surface area (Å²) in [5.74, 6) is -0.310. The van der Waals surface area contributed by atoms with Gasteiger partial charge in [0.2, 0.25) is 0 Å². The lowest BCUT2D eigenvalue weighted by Gasteiger charge is -2.03.